The minimum Gasteiger partial charge on any atom is -0.390 e. The third-order valence-electron chi connectivity index (χ3n) is 2.14. The molecule has 0 amide bonds. The molecule has 0 aliphatic rings. The Hall–Kier alpha value is -1.29. The van der Waals surface area contributed by atoms with E-state index in [0.29, 0.717) is 0 Å². The fourth-order valence-electron chi connectivity index (χ4n) is 1.16. The molecule has 0 aliphatic heterocycles. The molecule has 7 heteroatoms. The van der Waals surface area contributed by atoms with Crippen molar-refractivity contribution >= 4 is 12.4 Å². The second kappa shape index (κ2) is 5.87. The first kappa shape index (κ1) is 15.7. The van der Waals surface area contributed by atoms with Gasteiger partial charge in [-0.2, -0.15) is 5.26 Å². The number of aliphatic hydroxyl groups excluding tert-OH is 1. The van der Waals surface area contributed by atoms with Crippen molar-refractivity contribution in [1.29, 1.82) is 5.26 Å². The summed E-state index contributed by atoms with van der Waals surface area (Å²) in [6.45, 7) is -1.41. The van der Waals surface area contributed by atoms with Crippen LogP contribution in [0.15, 0.2) is 18.2 Å². The number of rotatable bonds is 3. The average molecular weight is 267 g/mol. The van der Waals surface area contributed by atoms with Gasteiger partial charge in [-0.25, -0.2) is 13.2 Å². The van der Waals surface area contributed by atoms with Crippen molar-refractivity contribution in [3.05, 3.63) is 35.1 Å². The Bertz CT molecular complexity index is 434. The Balaban J connectivity index is 0.00000256. The van der Waals surface area contributed by atoms with Crippen molar-refractivity contribution in [2.75, 3.05) is 6.61 Å². The maximum atomic E-state index is 13.0. The summed E-state index contributed by atoms with van der Waals surface area (Å²) in [6.07, 6.45) is 0. The molecule has 3 nitrogen and oxygen atoms in total. The lowest BCUT2D eigenvalue weighted by atomic mass is 10.00. The number of aliphatic hydroxyl groups is 1. The van der Waals surface area contributed by atoms with Gasteiger partial charge >= 0.3 is 0 Å². The molecule has 17 heavy (non-hydrogen) atoms. The van der Waals surface area contributed by atoms with Crippen LogP contribution in [0.3, 0.4) is 0 Å². The van der Waals surface area contributed by atoms with E-state index in [1.165, 1.54) is 6.07 Å². The highest BCUT2D eigenvalue weighted by Gasteiger charge is 2.37. The molecule has 0 spiro atoms. The van der Waals surface area contributed by atoms with Crippen LogP contribution in [0.1, 0.15) is 17.2 Å². The number of nitrogens with zero attached hydrogens (tertiary/aromatic N) is 1. The largest absolute Gasteiger partial charge is 0.390 e. The first-order valence-corrected chi connectivity index (χ1v) is 4.36. The van der Waals surface area contributed by atoms with Crippen molar-refractivity contribution in [2.45, 2.75) is 12.0 Å². The Labute approximate surface area is 102 Å². The summed E-state index contributed by atoms with van der Waals surface area (Å²) in [5.41, 5.74) is 4.76. The summed E-state index contributed by atoms with van der Waals surface area (Å²) in [4.78, 5) is 0. The molecule has 1 rings (SSSR count). The highest BCUT2D eigenvalue weighted by Crippen LogP contribution is 2.29. The number of nitriles is 1. The number of halogens is 4. The molecular weight excluding hydrogens is 257 g/mol. The van der Waals surface area contributed by atoms with Gasteiger partial charge < -0.3 is 10.8 Å². The van der Waals surface area contributed by atoms with E-state index in [-0.39, 0.29) is 23.5 Å². The number of nitrogens with two attached hydrogens (primary N) is 1. The van der Waals surface area contributed by atoms with Gasteiger partial charge in [0.2, 0.25) is 0 Å². The van der Waals surface area contributed by atoms with Crippen LogP contribution in [0.5, 0.6) is 0 Å². The van der Waals surface area contributed by atoms with Crippen molar-refractivity contribution in [1.82, 2.24) is 0 Å². The zero-order valence-corrected chi connectivity index (χ0v) is 9.35. The normalized spacial score (nSPS) is 12.5. The molecule has 0 aliphatic carbocycles. The monoisotopic (exact) mass is 266 g/mol. The standard InChI is InChI=1S/C10H9F3N2O.ClH/c11-8-2-1-6(3-7(8)4-14)9(15)10(12,13)5-16;/h1-3,9,16H,5,15H2;1H/t9-;/m1./s1. The smallest absolute Gasteiger partial charge is 0.289 e. The van der Waals surface area contributed by atoms with Gasteiger partial charge in [0, 0.05) is 0 Å². The van der Waals surface area contributed by atoms with Crippen LogP contribution < -0.4 is 5.73 Å². The number of hydrogen-bond donors (Lipinski definition) is 2. The fraction of sp³-hybridized carbons (Fsp3) is 0.300. The van der Waals surface area contributed by atoms with Crippen LogP contribution in [-0.4, -0.2) is 17.6 Å². The van der Waals surface area contributed by atoms with Crippen molar-refractivity contribution in [3.63, 3.8) is 0 Å². The minimum absolute atomic E-state index is 0. The lowest BCUT2D eigenvalue weighted by molar-refractivity contribution is -0.0712. The Morgan fingerprint density at radius 2 is 2.06 bits per heavy atom. The minimum atomic E-state index is -3.51. The number of benzene rings is 1. The predicted octanol–water partition coefficient (Wildman–Crippen LogP) is 1.75. The topological polar surface area (TPSA) is 70.0 Å². The molecule has 3 N–H and O–H groups in total. The summed E-state index contributed by atoms with van der Waals surface area (Å²) < 4.78 is 38.9. The summed E-state index contributed by atoms with van der Waals surface area (Å²) >= 11 is 0. The quantitative estimate of drug-likeness (QED) is 0.876. The van der Waals surface area contributed by atoms with E-state index in [1.54, 1.807) is 0 Å². The zero-order valence-electron chi connectivity index (χ0n) is 8.53. The Morgan fingerprint density at radius 3 is 2.53 bits per heavy atom. The summed E-state index contributed by atoms with van der Waals surface area (Å²) in [5, 5.41) is 17.0. The molecule has 0 unspecified atom stereocenters. The van der Waals surface area contributed by atoms with Gasteiger partial charge in [-0.15, -0.1) is 12.4 Å². The van der Waals surface area contributed by atoms with E-state index >= 15 is 0 Å². The van der Waals surface area contributed by atoms with Gasteiger partial charge in [-0.05, 0) is 17.7 Å². The third-order valence-corrected chi connectivity index (χ3v) is 2.14. The lowest BCUT2D eigenvalue weighted by Gasteiger charge is -2.21. The van der Waals surface area contributed by atoms with Gasteiger partial charge in [-0.3, -0.25) is 0 Å². The lowest BCUT2D eigenvalue weighted by Crippen LogP contribution is -2.36. The highest BCUT2D eigenvalue weighted by atomic mass is 35.5. The van der Waals surface area contributed by atoms with Crippen molar-refractivity contribution in [2.24, 2.45) is 5.73 Å². The maximum absolute atomic E-state index is 13.0. The molecule has 0 saturated heterocycles. The van der Waals surface area contributed by atoms with Gasteiger partial charge in [0.15, 0.2) is 0 Å². The first-order chi connectivity index (χ1) is 7.42. The second-order valence-corrected chi connectivity index (χ2v) is 3.25. The van der Waals surface area contributed by atoms with E-state index in [0.717, 1.165) is 18.2 Å². The summed E-state index contributed by atoms with van der Waals surface area (Å²) in [7, 11) is 0. The molecular formula is C10H10ClF3N2O. The molecule has 0 bridgehead atoms. The van der Waals surface area contributed by atoms with E-state index in [1.807, 2.05) is 0 Å². The second-order valence-electron chi connectivity index (χ2n) is 3.25. The summed E-state index contributed by atoms with van der Waals surface area (Å²) in [5.74, 6) is -4.31. The van der Waals surface area contributed by atoms with E-state index in [2.05, 4.69) is 0 Å². The molecule has 0 radical (unpaired) electrons. The number of hydrogen-bond acceptors (Lipinski definition) is 3. The molecule has 1 aromatic carbocycles. The SMILES string of the molecule is Cl.N#Cc1cc([C@@H](N)C(F)(F)CO)ccc1F. The third kappa shape index (κ3) is 3.33. The van der Waals surface area contributed by atoms with Crippen LogP contribution >= 0.6 is 12.4 Å². The van der Waals surface area contributed by atoms with Gasteiger partial charge in [0.25, 0.3) is 5.92 Å². The zero-order chi connectivity index (χ0) is 12.3. The van der Waals surface area contributed by atoms with Crippen LogP contribution in [0.25, 0.3) is 0 Å². The van der Waals surface area contributed by atoms with Crippen LogP contribution in [0.2, 0.25) is 0 Å². The van der Waals surface area contributed by atoms with Crippen LogP contribution in [0.4, 0.5) is 13.2 Å². The van der Waals surface area contributed by atoms with Gasteiger partial charge in [-0.1, -0.05) is 6.07 Å². The molecule has 1 aromatic rings. The van der Waals surface area contributed by atoms with E-state index in [4.69, 9.17) is 16.1 Å². The van der Waals surface area contributed by atoms with Gasteiger partial charge in [0.05, 0.1) is 11.6 Å². The van der Waals surface area contributed by atoms with Crippen LogP contribution in [0, 0.1) is 17.1 Å². The Morgan fingerprint density at radius 1 is 1.47 bits per heavy atom. The van der Waals surface area contributed by atoms with Crippen LogP contribution in [-0.2, 0) is 0 Å². The van der Waals surface area contributed by atoms with E-state index < -0.39 is 24.4 Å². The molecule has 94 valence electrons. The molecule has 0 saturated carbocycles. The molecule has 1 atom stereocenters. The fourth-order valence-corrected chi connectivity index (χ4v) is 1.16. The molecule has 0 fully saturated rings. The summed E-state index contributed by atoms with van der Waals surface area (Å²) in [6, 6.07) is 2.65. The molecule has 0 heterocycles. The van der Waals surface area contributed by atoms with Gasteiger partial charge in [0.1, 0.15) is 18.5 Å². The van der Waals surface area contributed by atoms with E-state index in [9.17, 15) is 13.2 Å². The van der Waals surface area contributed by atoms with Crippen molar-refractivity contribution in [3.8, 4) is 6.07 Å². The number of alkyl halides is 2. The Kier molecular flexibility index (Phi) is 5.42. The molecule has 0 aromatic heterocycles. The van der Waals surface area contributed by atoms with Crippen molar-refractivity contribution < 1.29 is 18.3 Å². The average Bonchev–Trinajstić information content (AvgIpc) is 2.28. The highest BCUT2D eigenvalue weighted by molar-refractivity contribution is 5.85. The first-order valence-electron chi connectivity index (χ1n) is 4.36. The maximum Gasteiger partial charge on any atom is 0.289 e. The predicted molar refractivity (Wildman–Crippen MR) is 57.3 cm³/mol.